The minimum Gasteiger partial charge on any atom is -0.507 e. The zero-order valence-electron chi connectivity index (χ0n) is 9.88. The molecule has 0 atom stereocenters. The first kappa shape index (κ1) is 12.0. The molecule has 0 amide bonds. The van der Waals surface area contributed by atoms with Gasteiger partial charge in [0.05, 0.1) is 11.3 Å². The van der Waals surface area contributed by atoms with E-state index in [-0.39, 0.29) is 22.8 Å². The number of phenols is 1. The molecule has 4 heteroatoms. The molecule has 2 aromatic rings. The van der Waals surface area contributed by atoms with Crippen LogP contribution in [0, 0.1) is 0 Å². The van der Waals surface area contributed by atoms with Crippen molar-refractivity contribution >= 4 is 11.5 Å². The van der Waals surface area contributed by atoms with Gasteiger partial charge in [0.15, 0.2) is 11.5 Å². The van der Waals surface area contributed by atoms with Gasteiger partial charge in [0, 0.05) is 6.07 Å². The van der Waals surface area contributed by atoms with Crippen LogP contribution in [0.2, 0.25) is 0 Å². The molecule has 3 N–H and O–H groups in total. The molecule has 0 radical (unpaired) electrons. The van der Waals surface area contributed by atoms with E-state index in [1.807, 2.05) is 18.2 Å². The molecule has 18 heavy (non-hydrogen) atoms. The summed E-state index contributed by atoms with van der Waals surface area (Å²) in [5.74, 6) is 0.583. The summed E-state index contributed by atoms with van der Waals surface area (Å²) in [6.45, 7) is 1.37. The number of carbonyl (C=O) groups excluding carboxylic acids is 1. The third-order valence-corrected chi connectivity index (χ3v) is 2.48. The number of phenolic OH excluding ortho intramolecular Hbond substituents is 1. The van der Waals surface area contributed by atoms with Crippen molar-refractivity contribution < 1.29 is 14.6 Å². The number of ether oxygens (including phenoxy) is 1. The molecule has 0 heterocycles. The maximum Gasteiger partial charge on any atom is 0.163 e. The fourth-order valence-corrected chi connectivity index (χ4v) is 1.57. The first-order valence-electron chi connectivity index (χ1n) is 5.44. The van der Waals surface area contributed by atoms with Crippen molar-refractivity contribution in [3.8, 4) is 17.2 Å². The van der Waals surface area contributed by atoms with Gasteiger partial charge < -0.3 is 15.6 Å². The zero-order chi connectivity index (χ0) is 13.1. The predicted octanol–water partition coefficient (Wildman–Crippen LogP) is 2.97. The minimum absolute atomic E-state index is 0.139. The zero-order valence-corrected chi connectivity index (χ0v) is 9.88. The van der Waals surface area contributed by atoms with Gasteiger partial charge in [-0.25, -0.2) is 0 Å². The number of hydrogen-bond donors (Lipinski definition) is 2. The summed E-state index contributed by atoms with van der Waals surface area (Å²) in [6.07, 6.45) is 0. The molecule has 0 saturated heterocycles. The van der Waals surface area contributed by atoms with E-state index in [4.69, 9.17) is 10.5 Å². The quantitative estimate of drug-likeness (QED) is 0.642. The number of nitrogens with two attached hydrogens (primary N) is 1. The molecule has 0 aliphatic carbocycles. The molecular weight excluding hydrogens is 230 g/mol. The van der Waals surface area contributed by atoms with E-state index in [0.29, 0.717) is 11.5 Å². The van der Waals surface area contributed by atoms with Crippen molar-refractivity contribution in [2.24, 2.45) is 0 Å². The third-order valence-electron chi connectivity index (χ3n) is 2.48. The summed E-state index contributed by atoms with van der Waals surface area (Å²) < 4.78 is 5.57. The van der Waals surface area contributed by atoms with Crippen molar-refractivity contribution in [2.45, 2.75) is 6.92 Å². The van der Waals surface area contributed by atoms with E-state index < -0.39 is 0 Å². The highest BCUT2D eigenvalue weighted by Crippen LogP contribution is 2.33. The Morgan fingerprint density at radius 2 is 1.89 bits per heavy atom. The molecule has 2 aromatic carbocycles. The van der Waals surface area contributed by atoms with E-state index in [1.165, 1.54) is 19.1 Å². The Labute approximate surface area is 105 Å². The molecule has 0 bridgehead atoms. The number of anilines is 1. The monoisotopic (exact) mass is 243 g/mol. The first-order valence-corrected chi connectivity index (χ1v) is 5.44. The normalized spacial score (nSPS) is 10.1. The lowest BCUT2D eigenvalue weighted by Gasteiger charge is -2.10. The number of ketones is 1. The highest BCUT2D eigenvalue weighted by Gasteiger charge is 2.12. The maximum atomic E-state index is 11.3. The van der Waals surface area contributed by atoms with Gasteiger partial charge in [-0.15, -0.1) is 0 Å². The maximum absolute atomic E-state index is 11.3. The topological polar surface area (TPSA) is 72.5 Å². The second-order valence-electron chi connectivity index (χ2n) is 3.88. The summed E-state index contributed by atoms with van der Waals surface area (Å²) in [5.41, 5.74) is 6.21. The number of Topliss-reactive ketones (excluding diaryl/α,β-unsaturated/α-hetero) is 1. The lowest BCUT2D eigenvalue weighted by Crippen LogP contribution is -1.98. The van der Waals surface area contributed by atoms with Gasteiger partial charge in [-0.05, 0) is 25.1 Å². The van der Waals surface area contributed by atoms with E-state index in [9.17, 15) is 9.90 Å². The Morgan fingerprint density at radius 3 is 2.50 bits per heavy atom. The fourth-order valence-electron chi connectivity index (χ4n) is 1.57. The molecule has 0 aliphatic heterocycles. The third kappa shape index (κ3) is 2.43. The molecule has 0 aromatic heterocycles. The molecule has 0 unspecified atom stereocenters. The molecule has 0 aliphatic rings. The van der Waals surface area contributed by atoms with Gasteiger partial charge in [0.25, 0.3) is 0 Å². The largest absolute Gasteiger partial charge is 0.507 e. The Hall–Kier alpha value is -2.49. The number of aromatic hydroxyl groups is 1. The second-order valence-corrected chi connectivity index (χ2v) is 3.88. The number of rotatable bonds is 3. The van der Waals surface area contributed by atoms with Crippen molar-refractivity contribution in [1.29, 1.82) is 0 Å². The van der Waals surface area contributed by atoms with Gasteiger partial charge >= 0.3 is 0 Å². The summed E-state index contributed by atoms with van der Waals surface area (Å²) >= 11 is 0. The molecular formula is C14H13NO3. The average molecular weight is 243 g/mol. The van der Waals surface area contributed by atoms with Gasteiger partial charge in [-0.2, -0.15) is 0 Å². The summed E-state index contributed by atoms with van der Waals surface area (Å²) in [5, 5.41) is 9.60. The number of benzene rings is 2. The number of hydrogen-bond acceptors (Lipinski definition) is 4. The number of carbonyl (C=O) groups is 1. The van der Waals surface area contributed by atoms with E-state index >= 15 is 0 Å². The van der Waals surface area contributed by atoms with Crippen LogP contribution < -0.4 is 10.5 Å². The van der Waals surface area contributed by atoms with Crippen LogP contribution in [0.25, 0.3) is 0 Å². The van der Waals surface area contributed by atoms with Crippen molar-refractivity contribution in [3.63, 3.8) is 0 Å². The summed E-state index contributed by atoms with van der Waals surface area (Å²) in [6, 6.07) is 11.8. The molecule has 2 rings (SSSR count). The Kier molecular flexibility index (Phi) is 3.19. The fraction of sp³-hybridized carbons (Fsp3) is 0.0714. The summed E-state index contributed by atoms with van der Waals surface area (Å²) in [4.78, 5) is 11.3. The van der Waals surface area contributed by atoms with Gasteiger partial charge in [-0.1, -0.05) is 18.2 Å². The van der Waals surface area contributed by atoms with Gasteiger partial charge in [0.1, 0.15) is 11.5 Å². The smallest absolute Gasteiger partial charge is 0.163 e. The molecule has 4 nitrogen and oxygen atoms in total. The molecule has 92 valence electrons. The standard InChI is InChI=1S/C14H13NO3/c1-9(16)11-7-14(12(15)8-13(11)17)18-10-5-3-2-4-6-10/h2-8,17H,15H2,1H3. The van der Waals surface area contributed by atoms with Crippen molar-refractivity contribution in [2.75, 3.05) is 5.73 Å². The summed E-state index contributed by atoms with van der Waals surface area (Å²) in [7, 11) is 0. The van der Waals surface area contributed by atoms with E-state index in [2.05, 4.69) is 0 Å². The Morgan fingerprint density at radius 1 is 1.22 bits per heavy atom. The van der Waals surface area contributed by atoms with Crippen LogP contribution in [0.5, 0.6) is 17.2 Å². The average Bonchev–Trinajstić information content (AvgIpc) is 2.33. The van der Waals surface area contributed by atoms with Crippen molar-refractivity contribution in [3.05, 3.63) is 48.0 Å². The van der Waals surface area contributed by atoms with Crippen LogP contribution in [-0.2, 0) is 0 Å². The van der Waals surface area contributed by atoms with Crippen LogP contribution in [-0.4, -0.2) is 10.9 Å². The lowest BCUT2D eigenvalue weighted by atomic mass is 10.1. The predicted molar refractivity (Wildman–Crippen MR) is 69.0 cm³/mol. The lowest BCUT2D eigenvalue weighted by molar-refractivity contribution is 0.101. The van der Waals surface area contributed by atoms with E-state index in [1.54, 1.807) is 12.1 Å². The van der Waals surface area contributed by atoms with Crippen LogP contribution >= 0.6 is 0 Å². The SMILES string of the molecule is CC(=O)c1cc(Oc2ccccc2)c(N)cc1O. The van der Waals surface area contributed by atoms with Gasteiger partial charge in [-0.3, -0.25) is 4.79 Å². The molecule has 0 spiro atoms. The van der Waals surface area contributed by atoms with Crippen LogP contribution in [0.1, 0.15) is 17.3 Å². The first-order chi connectivity index (χ1) is 8.58. The second kappa shape index (κ2) is 4.79. The molecule has 0 fully saturated rings. The van der Waals surface area contributed by atoms with Crippen LogP contribution in [0.15, 0.2) is 42.5 Å². The minimum atomic E-state index is -0.245. The van der Waals surface area contributed by atoms with Crippen LogP contribution in [0.4, 0.5) is 5.69 Å². The van der Waals surface area contributed by atoms with Gasteiger partial charge in [0.2, 0.25) is 0 Å². The Bertz CT molecular complexity index is 579. The Balaban J connectivity index is 2.39. The van der Waals surface area contributed by atoms with Crippen LogP contribution in [0.3, 0.4) is 0 Å². The van der Waals surface area contributed by atoms with E-state index in [0.717, 1.165) is 0 Å². The highest BCUT2D eigenvalue weighted by atomic mass is 16.5. The number of nitrogen functional groups attached to an aromatic ring is 1. The van der Waals surface area contributed by atoms with Crippen molar-refractivity contribution in [1.82, 2.24) is 0 Å². The molecule has 0 saturated carbocycles. The number of para-hydroxylation sites is 1. The highest BCUT2D eigenvalue weighted by molar-refractivity contribution is 5.98.